The first-order valence-corrected chi connectivity index (χ1v) is 10.0. The van der Waals surface area contributed by atoms with Gasteiger partial charge in [0.25, 0.3) is 5.91 Å². The second kappa shape index (κ2) is 6.86. The quantitative estimate of drug-likeness (QED) is 0.837. The zero-order chi connectivity index (χ0) is 17.4. The van der Waals surface area contributed by atoms with Crippen molar-refractivity contribution in [2.45, 2.75) is 64.2 Å². The Morgan fingerprint density at radius 3 is 2.64 bits per heavy atom. The zero-order valence-electron chi connectivity index (χ0n) is 14.8. The fourth-order valence-corrected chi connectivity index (χ4v) is 4.67. The minimum absolute atomic E-state index is 0.0891. The lowest BCUT2D eigenvalue weighted by Crippen LogP contribution is -2.38. The maximum atomic E-state index is 12.8. The predicted molar refractivity (Wildman–Crippen MR) is 95.0 cm³/mol. The number of amides is 1. The van der Waals surface area contributed by atoms with E-state index in [0.29, 0.717) is 5.01 Å². The van der Waals surface area contributed by atoms with Gasteiger partial charge in [-0.05, 0) is 38.5 Å². The lowest BCUT2D eigenvalue weighted by molar-refractivity contribution is 0.0704. The summed E-state index contributed by atoms with van der Waals surface area (Å²) in [6.07, 6.45) is 6.26. The Morgan fingerprint density at radius 1 is 1.20 bits per heavy atom. The van der Waals surface area contributed by atoms with Crippen LogP contribution in [0.15, 0.2) is 4.52 Å². The lowest BCUT2D eigenvalue weighted by Gasteiger charge is -2.29. The number of hydrogen-bond donors (Lipinski definition) is 0. The van der Waals surface area contributed by atoms with E-state index in [2.05, 4.69) is 29.0 Å². The number of fused-ring (bicyclic) bond motifs is 1. The largest absolute Gasteiger partial charge is 0.339 e. The van der Waals surface area contributed by atoms with E-state index in [9.17, 15) is 4.79 Å². The molecule has 1 aliphatic heterocycles. The van der Waals surface area contributed by atoms with E-state index in [0.717, 1.165) is 56.2 Å². The molecule has 1 aliphatic carbocycles. The van der Waals surface area contributed by atoms with Crippen LogP contribution in [0.25, 0.3) is 0 Å². The second-order valence-electron chi connectivity index (χ2n) is 7.31. The van der Waals surface area contributed by atoms with Crippen molar-refractivity contribution in [3.8, 4) is 0 Å². The standard InChI is InChI=1S/C18H24N4O2S/c1-11(2)15-20-16(24-21-15)12-7-9-22(10-8-12)18(23)17-19-13-5-3-4-6-14(13)25-17/h11-12H,3-10H2,1-2H3. The van der Waals surface area contributed by atoms with Gasteiger partial charge in [-0.15, -0.1) is 11.3 Å². The molecule has 1 amide bonds. The fourth-order valence-electron chi connectivity index (χ4n) is 3.56. The molecule has 1 saturated heterocycles. The number of nitrogens with zero attached hydrogens (tertiary/aromatic N) is 4. The second-order valence-corrected chi connectivity index (χ2v) is 8.39. The molecule has 2 aromatic heterocycles. The molecule has 2 aromatic rings. The average Bonchev–Trinajstić information content (AvgIpc) is 3.28. The van der Waals surface area contributed by atoms with Gasteiger partial charge in [0.1, 0.15) is 0 Å². The summed E-state index contributed by atoms with van der Waals surface area (Å²) in [5.74, 6) is 2.11. The molecule has 0 radical (unpaired) electrons. The summed E-state index contributed by atoms with van der Waals surface area (Å²) >= 11 is 1.60. The maximum absolute atomic E-state index is 12.8. The third-order valence-electron chi connectivity index (χ3n) is 5.13. The maximum Gasteiger partial charge on any atom is 0.282 e. The molecular weight excluding hydrogens is 336 g/mol. The van der Waals surface area contributed by atoms with Crippen molar-refractivity contribution in [3.05, 3.63) is 27.3 Å². The van der Waals surface area contributed by atoms with Crippen molar-refractivity contribution >= 4 is 17.2 Å². The summed E-state index contributed by atoms with van der Waals surface area (Å²) in [6, 6.07) is 0. The van der Waals surface area contributed by atoms with Crippen molar-refractivity contribution in [3.63, 3.8) is 0 Å². The number of piperidine rings is 1. The van der Waals surface area contributed by atoms with Gasteiger partial charge >= 0.3 is 0 Å². The number of rotatable bonds is 3. The fraction of sp³-hybridized carbons (Fsp3) is 0.667. The summed E-state index contributed by atoms with van der Waals surface area (Å²) in [5, 5.41) is 4.73. The smallest absolute Gasteiger partial charge is 0.282 e. The number of aromatic nitrogens is 3. The highest BCUT2D eigenvalue weighted by molar-refractivity contribution is 7.13. The first-order chi connectivity index (χ1) is 12.1. The summed E-state index contributed by atoms with van der Waals surface area (Å²) in [4.78, 5) is 25.2. The van der Waals surface area contributed by atoms with Crippen LogP contribution in [-0.2, 0) is 12.8 Å². The molecule has 3 heterocycles. The first kappa shape index (κ1) is 16.7. The number of likely N-dealkylation sites (tertiary alicyclic amines) is 1. The van der Waals surface area contributed by atoms with Crippen LogP contribution >= 0.6 is 11.3 Å². The molecule has 1 fully saturated rings. The topological polar surface area (TPSA) is 72.1 Å². The van der Waals surface area contributed by atoms with Crippen LogP contribution in [0.5, 0.6) is 0 Å². The normalized spacial score (nSPS) is 18.6. The minimum atomic E-state index is 0.0891. The molecule has 0 saturated carbocycles. The van der Waals surface area contributed by atoms with Crippen molar-refractivity contribution in [1.82, 2.24) is 20.0 Å². The van der Waals surface area contributed by atoms with Gasteiger partial charge in [-0.3, -0.25) is 4.79 Å². The van der Waals surface area contributed by atoms with E-state index in [-0.39, 0.29) is 17.7 Å². The molecular formula is C18H24N4O2S. The van der Waals surface area contributed by atoms with Gasteiger partial charge in [-0.25, -0.2) is 4.98 Å². The van der Waals surface area contributed by atoms with Crippen molar-refractivity contribution in [1.29, 1.82) is 0 Å². The Labute approximate surface area is 151 Å². The van der Waals surface area contributed by atoms with E-state index < -0.39 is 0 Å². The lowest BCUT2D eigenvalue weighted by atomic mass is 9.96. The summed E-state index contributed by atoms with van der Waals surface area (Å²) in [7, 11) is 0. The van der Waals surface area contributed by atoms with Gasteiger partial charge in [-0.1, -0.05) is 19.0 Å². The summed E-state index contributed by atoms with van der Waals surface area (Å²) in [6.45, 7) is 5.58. The van der Waals surface area contributed by atoms with Crippen LogP contribution in [0.2, 0.25) is 0 Å². The van der Waals surface area contributed by atoms with E-state index >= 15 is 0 Å². The molecule has 6 nitrogen and oxygen atoms in total. The predicted octanol–water partition coefficient (Wildman–Crippen LogP) is 3.55. The monoisotopic (exact) mass is 360 g/mol. The van der Waals surface area contributed by atoms with Gasteiger partial charge < -0.3 is 9.42 Å². The number of hydrogen-bond acceptors (Lipinski definition) is 6. The van der Waals surface area contributed by atoms with Gasteiger partial charge in [0.05, 0.1) is 5.69 Å². The highest BCUT2D eigenvalue weighted by Crippen LogP contribution is 2.31. The van der Waals surface area contributed by atoms with Gasteiger partial charge in [0, 0.05) is 29.8 Å². The molecule has 0 bridgehead atoms. The molecule has 0 spiro atoms. The van der Waals surface area contributed by atoms with E-state index in [1.807, 2.05) is 4.90 Å². The molecule has 0 atom stereocenters. The van der Waals surface area contributed by atoms with E-state index in [1.54, 1.807) is 11.3 Å². The highest BCUT2D eigenvalue weighted by atomic mass is 32.1. The Kier molecular flexibility index (Phi) is 4.58. The molecule has 0 aromatic carbocycles. The van der Waals surface area contributed by atoms with Crippen LogP contribution in [-0.4, -0.2) is 39.0 Å². The van der Waals surface area contributed by atoms with Crippen LogP contribution < -0.4 is 0 Å². The molecule has 2 aliphatic rings. The van der Waals surface area contributed by atoms with Crippen LogP contribution in [0.3, 0.4) is 0 Å². The SMILES string of the molecule is CC(C)c1noc(C2CCN(C(=O)c3nc4c(s3)CCCC4)CC2)n1. The third-order valence-corrected chi connectivity index (χ3v) is 6.28. The van der Waals surface area contributed by atoms with Gasteiger partial charge in [0.2, 0.25) is 5.89 Å². The van der Waals surface area contributed by atoms with Gasteiger partial charge in [-0.2, -0.15) is 4.98 Å². The van der Waals surface area contributed by atoms with Crippen LogP contribution in [0.1, 0.15) is 83.5 Å². The van der Waals surface area contributed by atoms with E-state index in [1.165, 1.54) is 17.7 Å². The average molecular weight is 360 g/mol. The van der Waals surface area contributed by atoms with Gasteiger partial charge in [0.15, 0.2) is 10.8 Å². The number of carbonyl (C=O) groups is 1. The molecule has 0 N–H and O–H groups in total. The van der Waals surface area contributed by atoms with E-state index in [4.69, 9.17) is 4.52 Å². The Morgan fingerprint density at radius 2 is 1.96 bits per heavy atom. The minimum Gasteiger partial charge on any atom is -0.339 e. The number of aryl methyl sites for hydroxylation is 2. The highest BCUT2D eigenvalue weighted by Gasteiger charge is 2.30. The zero-order valence-corrected chi connectivity index (χ0v) is 15.6. The van der Waals surface area contributed by atoms with Crippen molar-refractivity contribution < 1.29 is 9.32 Å². The van der Waals surface area contributed by atoms with Crippen molar-refractivity contribution in [2.24, 2.45) is 0 Å². The molecule has 0 unspecified atom stereocenters. The number of thiazole rings is 1. The summed E-state index contributed by atoms with van der Waals surface area (Å²) < 4.78 is 5.43. The van der Waals surface area contributed by atoms with Crippen LogP contribution in [0.4, 0.5) is 0 Å². The Bertz CT molecular complexity index is 735. The molecule has 4 rings (SSSR count). The Balaban J connectivity index is 1.39. The molecule has 134 valence electrons. The summed E-state index contributed by atoms with van der Waals surface area (Å²) in [5.41, 5.74) is 1.15. The number of carbonyl (C=O) groups excluding carboxylic acids is 1. The Hall–Kier alpha value is -1.76. The van der Waals surface area contributed by atoms with Crippen LogP contribution in [0, 0.1) is 0 Å². The first-order valence-electron chi connectivity index (χ1n) is 9.23. The molecule has 7 heteroatoms. The molecule has 25 heavy (non-hydrogen) atoms. The van der Waals surface area contributed by atoms with Crippen molar-refractivity contribution in [2.75, 3.05) is 13.1 Å². The third kappa shape index (κ3) is 3.34.